The third-order valence-corrected chi connectivity index (χ3v) is 6.55. The highest BCUT2D eigenvalue weighted by atomic mass is 16.5. The van der Waals surface area contributed by atoms with Crippen molar-refractivity contribution in [2.24, 2.45) is 20.5 Å². The number of anilines is 2. The summed E-state index contributed by atoms with van der Waals surface area (Å²) in [6.07, 6.45) is 9.50. The first-order chi connectivity index (χ1) is 24.5. The van der Waals surface area contributed by atoms with Gasteiger partial charge in [0, 0.05) is 49.3 Å². The highest BCUT2D eigenvalue weighted by Crippen LogP contribution is 2.31. The minimum absolute atomic E-state index is 0.269. The number of carbonyl (C=O) groups is 2. The number of aromatic nitrogens is 4. The van der Waals surface area contributed by atoms with Crippen LogP contribution in [-0.2, 0) is 0 Å². The highest BCUT2D eigenvalue weighted by molar-refractivity contribution is 6.05. The topological polar surface area (TPSA) is 178 Å². The van der Waals surface area contributed by atoms with Crippen molar-refractivity contribution in [1.29, 1.82) is 0 Å². The van der Waals surface area contributed by atoms with Gasteiger partial charge in [0.05, 0.1) is 48.1 Å². The summed E-state index contributed by atoms with van der Waals surface area (Å²) in [5, 5.41) is 21.9. The first-order valence-corrected chi connectivity index (χ1v) is 15.0. The lowest BCUT2D eigenvalue weighted by atomic mass is 10.2. The van der Waals surface area contributed by atoms with E-state index in [0.29, 0.717) is 57.0 Å². The molecule has 0 saturated carbocycles. The lowest BCUT2D eigenvalue weighted by Gasteiger charge is -2.10. The normalized spacial score (nSPS) is 10.6. The van der Waals surface area contributed by atoms with Crippen LogP contribution in [0.4, 0.5) is 34.4 Å². The number of nitrogens with zero attached hydrogens (tertiary/aromatic N) is 8. The Morgan fingerprint density at radius 1 is 0.540 bits per heavy atom. The van der Waals surface area contributed by atoms with Gasteiger partial charge in [0.25, 0.3) is 11.8 Å². The molecule has 0 aliphatic carbocycles. The van der Waals surface area contributed by atoms with Crippen LogP contribution in [0.3, 0.4) is 0 Å². The SMILES string of the molecule is COc1cc(N=Nc2ccccn2)ccc1NC(=O)c1cccnc1.COc1cc(N=Nc2ccccn2)ccc1NC(=O)c1cccnc1. The van der Waals surface area contributed by atoms with Crippen molar-refractivity contribution >= 4 is 46.2 Å². The number of rotatable bonds is 10. The number of hydrogen-bond donors (Lipinski definition) is 2. The summed E-state index contributed by atoms with van der Waals surface area (Å²) in [6.45, 7) is 0. The zero-order valence-corrected chi connectivity index (χ0v) is 26.9. The van der Waals surface area contributed by atoms with Gasteiger partial charge < -0.3 is 20.1 Å². The standard InChI is InChI=1S/2C18H15N5O2/c2*1-25-16-11-14(22-23-17-6-2-3-10-20-17)7-8-15(16)21-18(24)13-5-4-9-19-12-13/h2*2-12H,1H3,(H,21,24). The second kappa shape index (κ2) is 17.6. The van der Waals surface area contributed by atoms with Gasteiger partial charge in [0.1, 0.15) is 11.5 Å². The van der Waals surface area contributed by atoms with Gasteiger partial charge in [-0.2, -0.15) is 0 Å². The molecule has 14 nitrogen and oxygen atoms in total. The molecule has 0 unspecified atom stereocenters. The van der Waals surface area contributed by atoms with Crippen molar-refractivity contribution in [2.75, 3.05) is 24.9 Å². The number of benzene rings is 2. The van der Waals surface area contributed by atoms with E-state index < -0.39 is 0 Å². The molecule has 0 radical (unpaired) electrons. The Morgan fingerprint density at radius 3 is 1.36 bits per heavy atom. The van der Waals surface area contributed by atoms with Gasteiger partial charge in [-0.15, -0.1) is 20.5 Å². The van der Waals surface area contributed by atoms with Crippen LogP contribution in [0, 0.1) is 0 Å². The summed E-state index contributed by atoms with van der Waals surface area (Å²) in [5.74, 6) is 1.44. The van der Waals surface area contributed by atoms with Gasteiger partial charge in [-0.3, -0.25) is 19.6 Å². The molecule has 2 N–H and O–H groups in total. The summed E-state index contributed by atoms with van der Waals surface area (Å²) >= 11 is 0. The Labute approximate surface area is 287 Å². The number of carbonyl (C=O) groups excluding carboxylic acids is 2. The van der Waals surface area contributed by atoms with Crippen LogP contribution in [0.5, 0.6) is 11.5 Å². The molecule has 6 rings (SSSR count). The number of azo groups is 2. The smallest absolute Gasteiger partial charge is 0.257 e. The van der Waals surface area contributed by atoms with Crippen LogP contribution in [-0.4, -0.2) is 46.0 Å². The molecule has 0 aliphatic heterocycles. The number of nitrogens with one attached hydrogen (secondary N) is 2. The largest absolute Gasteiger partial charge is 0.494 e. The molecule has 2 aromatic carbocycles. The summed E-state index contributed by atoms with van der Waals surface area (Å²) in [7, 11) is 3.05. The van der Waals surface area contributed by atoms with E-state index in [0.717, 1.165) is 0 Å². The summed E-state index contributed by atoms with van der Waals surface area (Å²) in [5.41, 5.74) is 3.16. The van der Waals surface area contributed by atoms with Crippen molar-refractivity contribution in [3.8, 4) is 11.5 Å². The molecule has 4 aromatic heterocycles. The maximum atomic E-state index is 12.2. The number of methoxy groups -OCH3 is 2. The molecular weight excluding hydrogens is 636 g/mol. The van der Waals surface area contributed by atoms with Crippen molar-refractivity contribution < 1.29 is 19.1 Å². The van der Waals surface area contributed by atoms with Crippen molar-refractivity contribution in [3.63, 3.8) is 0 Å². The summed E-state index contributed by atoms with van der Waals surface area (Å²) < 4.78 is 10.7. The maximum absolute atomic E-state index is 12.2. The van der Waals surface area contributed by atoms with E-state index in [4.69, 9.17) is 9.47 Å². The van der Waals surface area contributed by atoms with Crippen molar-refractivity contribution in [3.05, 3.63) is 145 Å². The predicted octanol–water partition coefficient (Wildman–Crippen LogP) is 8.31. The predicted molar refractivity (Wildman–Crippen MR) is 187 cm³/mol. The van der Waals surface area contributed by atoms with E-state index >= 15 is 0 Å². The van der Waals surface area contributed by atoms with Crippen molar-refractivity contribution in [1.82, 2.24) is 19.9 Å². The zero-order valence-electron chi connectivity index (χ0n) is 26.9. The second-order valence-electron chi connectivity index (χ2n) is 9.94. The van der Waals surface area contributed by atoms with E-state index in [1.54, 1.807) is 97.6 Å². The molecule has 248 valence electrons. The Balaban J connectivity index is 0.000000194. The third kappa shape index (κ3) is 9.89. The zero-order chi connectivity index (χ0) is 35.0. The number of amides is 2. The summed E-state index contributed by atoms with van der Waals surface area (Å²) in [6, 6.07) is 27.8. The Bertz CT molecular complexity index is 1920. The average molecular weight is 667 g/mol. The lowest BCUT2D eigenvalue weighted by molar-refractivity contribution is 0.101. The van der Waals surface area contributed by atoms with E-state index in [9.17, 15) is 9.59 Å². The van der Waals surface area contributed by atoms with Gasteiger partial charge >= 0.3 is 0 Å². The van der Waals surface area contributed by atoms with Crippen LogP contribution in [0.15, 0.2) is 155 Å². The Morgan fingerprint density at radius 2 is 1.00 bits per heavy atom. The van der Waals surface area contributed by atoms with Gasteiger partial charge in [0.15, 0.2) is 11.6 Å². The number of hydrogen-bond acceptors (Lipinski definition) is 12. The van der Waals surface area contributed by atoms with Gasteiger partial charge in [-0.05, 0) is 72.8 Å². The Kier molecular flexibility index (Phi) is 12.0. The van der Waals surface area contributed by atoms with Gasteiger partial charge in [-0.1, -0.05) is 12.1 Å². The molecule has 0 atom stereocenters. The van der Waals surface area contributed by atoms with Crippen molar-refractivity contribution in [2.45, 2.75) is 0 Å². The fraction of sp³-hybridized carbons (Fsp3) is 0.0556. The minimum Gasteiger partial charge on any atom is -0.494 e. The van der Waals surface area contributed by atoms with Crippen LogP contribution >= 0.6 is 0 Å². The Hall–Kier alpha value is -7.22. The lowest BCUT2D eigenvalue weighted by Crippen LogP contribution is -2.12. The summed E-state index contributed by atoms with van der Waals surface area (Å²) in [4.78, 5) is 40.5. The quantitative estimate of drug-likeness (QED) is 0.137. The van der Waals surface area contributed by atoms with E-state index in [1.165, 1.54) is 26.6 Å². The molecule has 0 aliphatic rings. The van der Waals surface area contributed by atoms with Crippen LogP contribution < -0.4 is 20.1 Å². The minimum atomic E-state index is -0.269. The fourth-order valence-corrected chi connectivity index (χ4v) is 4.12. The van der Waals surface area contributed by atoms with E-state index in [-0.39, 0.29) is 11.8 Å². The molecular formula is C36H30N10O4. The first kappa shape index (κ1) is 34.1. The molecule has 50 heavy (non-hydrogen) atoms. The van der Waals surface area contributed by atoms with E-state index in [1.807, 2.05) is 24.3 Å². The molecule has 0 spiro atoms. The molecule has 4 heterocycles. The maximum Gasteiger partial charge on any atom is 0.257 e. The number of pyridine rings is 4. The van der Waals surface area contributed by atoms with Crippen LogP contribution in [0.25, 0.3) is 0 Å². The number of ether oxygens (including phenoxy) is 2. The van der Waals surface area contributed by atoms with Gasteiger partial charge in [-0.25, -0.2) is 9.97 Å². The molecule has 0 saturated heterocycles. The third-order valence-electron chi connectivity index (χ3n) is 6.55. The molecule has 6 aromatic rings. The molecule has 0 bridgehead atoms. The monoisotopic (exact) mass is 666 g/mol. The van der Waals surface area contributed by atoms with Crippen LogP contribution in [0.2, 0.25) is 0 Å². The molecule has 0 fully saturated rings. The van der Waals surface area contributed by atoms with Gasteiger partial charge in [0.2, 0.25) is 0 Å². The second-order valence-corrected chi connectivity index (χ2v) is 9.94. The van der Waals surface area contributed by atoms with E-state index in [2.05, 4.69) is 51.0 Å². The fourth-order valence-electron chi connectivity index (χ4n) is 4.12. The molecule has 2 amide bonds. The average Bonchev–Trinajstić information content (AvgIpc) is 3.18. The first-order valence-electron chi connectivity index (χ1n) is 15.0. The highest BCUT2D eigenvalue weighted by Gasteiger charge is 2.12. The van der Waals surface area contributed by atoms with Crippen LogP contribution in [0.1, 0.15) is 20.7 Å². The molecule has 14 heteroatoms.